The Kier molecular flexibility index (Phi) is 3.63. The molecule has 2 aliphatic carbocycles. The van der Waals surface area contributed by atoms with Crippen LogP contribution in [0, 0.1) is 5.92 Å². The fourth-order valence-corrected chi connectivity index (χ4v) is 2.89. The second-order valence-corrected chi connectivity index (χ2v) is 4.87. The Morgan fingerprint density at radius 1 is 1.07 bits per heavy atom. The molecule has 2 rings (SSSR count). The van der Waals surface area contributed by atoms with E-state index >= 15 is 0 Å². The van der Waals surface area contributed by atoms with E-state index in [4.69, 9.17) is 0 Å². The van der Waals surface area contributed by atoms with Gasteiger partial charge in [0.15, 0.2) is 0 Å². The third-order valence-electron chi connectivity index (χ3n) is 3.80. The summed E-state index contributed by atoms with van der Waals surface area (Å²) in [7, 11) is 0. The smallest absolute Gasteiger partial charge is 0.0778 e. The monoisotopic (exact) mass is 194 g/mol. The van der Waals surface area contributed by atoms with Gasteiger partial charge in [-0.2, -0.15) is 0 Å². The van der Waals surface area contributed by atoms with Crippen LogP contribution in [0.2, 0.25) is 0 Å². The molecule has 80 valence electrons. The molecular weight excluding hydrogens is 172 g/mol. The van der Waals surface area contributed by atoms with Crippen molar-refractivity contribution in [3.63, 3.8) is 0 Å². The zero-order valence-corrected chi connectivity index (χ0v) is 9.04. The maximum absolute atomic E-state index is 10.2. The first-order chi connectivity index (χ1) is 6.88. The SMILES string of the molecule is OC(C1=CCCC1)C1CCCCCC1. The van der Waals surface area contributed by atoms with Crippen molar-refractivity contribution in [1.82, 2.24) is 0 Å². The Hall–Kier alpha value is -0.300. The Morgan fingerprint density at radius 3 is 2.36 bits per heavy atom. The summed E-state index contributed by atoms with van der Waals surface area (Å²) in [5.41, 5.74) is 1.34. The van der Waals surface area contributed by atoms with Gasteiger partial charge in [-0.25, -0.2) is 0 Å². The molecule has 0 spiro atoms. The van der Waals surface area contributed by atoms with Crippen LogP contribution in [0.4, 0.5) is 0 Å². The average Bonchev–Trinajstić information content (AvgIpc) is 2.59. The van der Waals surface area contributed by atoms with Crippen molar-refractivity contribution in [2.45, 2.75) is 63.9 Å². The van der Waals surface area contributed by atoms with Crippen molar-refractivity contribution >= 4 is 0 Å². The minimum Gasteiger partial charge on any atom is -0.388 e. The molecule has 0 aromatic rings. The number of rotatable bonds is 2. The Morgan fingerprint density at radius 2 is 1.79 bits per heavy atom. The summed E-state index contributed by atoms with van der Waals surface area (Å²) in [6.07, 6.45) is 13.7. The minimum atomic E-state index is -0.101. The number of aliphatic hydroxyl groups is 1. The van der Waals surface area contributed by atoms with E-state index in [1.54, 1.807) is 0 Å². The van der Waals surface area contributed by atoms with E-state index in [0.29, 0.717) is 5.92 Å². The lowest BCUT2D eigenvalue weighted by molar-refractivity contribution is 0.128. The Balaban J connectivity index is 1.91. The van der Waals surface area contributed by atoms with Gasteiger partial charge in [0.1, 0.15) is 0 Å². The fourth-order valence-electron chi connectivity index (χ4n) is 2.89. The summed E-state index contributed by atoms with van der Waals surface area (Å²) in [6.45, 7) is 0. The van der Waals surface area contributed by atoms with Crippen LogP contribution in [-0.2, 0) is 0 Å². The molecule has 1 atom stereocenters. The highest BCUT2D eigenvalue weighted by molar-refractivity contribution is 5.13. The number of hydrogen-bond acceptors (Lipinski definition) is 1. The van der Waals surface area contributed by atoms with E-state index in [0.717, 1.165) is 6.42 Å². The lowest BCUT2D eigenvalue weighted by Crippen LogP contribution is -2.21. The molecular formula is C13H22O. The van der Waals surface area contributed by atoms with Gasteiger partial charge in [-0.3, -0.25) is 0 Å². The summed E-state index contributed by atoms with van der Waals surface area (Å²) < 4.78 is 0. The van der Waals surface area contributed by atoms with E-state index in [1.807, 2.05) is 0 Å². The van der Waals surface area contributed by atoms with E-state index < -0.39 is 0 Å². The summed E-state index contributed by atoms with van der Waals surface area (Å²) in [4.78, 5) is 0. The van der Waals surface area contributed by atoms with Crippen molar-refractivity contribution in [2.24, 2.45) is 5.92 Å². The van der Waals surface area contributed by atoms with Crippen LogP contribution in [0.1, 0.15) is 57.8 Å². The number of aliphatic hydroxyl groups excluding tert-OH is 1. The van der Waals surface area contributed by atoms with Crippen LogP contribution in [0.25, 0.3) is 0 Å². The zero-order chi connectivity index (χ0) is 9.80. The van der Waals surface area contributed by atoms with Gasteiger partial charge in [-0.1, -0.05) is 31.8 Å². The van der Waals surface area contributed by atoms with Gasteiger partial charge in [0.25, 0.3) is 0 Å². The number of allylic oxidation sites excluding steroid dienone is 1. The molecule has 0 radical (unpaired) electrons. The van der Waals surface area contributed by atoms with Gasteiger partial charge in [-0.15, -0.1) is 0 Å². The van der Waals surface area contributed by atoms with Crippen molar-refractivity contribution in [2.75, 3.05) is 0 Å². The molecule has 0 amide bonds. The molecule has 1 nitrogen and oxygen atoms in total. The zero-order valence-electron chi connectivity index (χ0n) is 9.04. The summed E-state index contributed by atoms with van der Waals surface area (Å²) in [5, 5.41) is 10.2. The maximum atomic E-state index is 10.2. The predicted octanol–water partition coefficient (Wildman–Crippen LogP) is 3.43. The predicted molar refractivity (Wildman–Crippen MR) is 59.1 cm³/mol. The van der Waals surface area contributed by atoms with Crippen molar-refractivity contribution < 1.29 is 5.11 Å². The van der Waals surface area contributed by atoms with Crippen molar-refractivity contribution in [3.05, 3.63) is 11.6 Å². The molecule has 2 aliphatic rings. The van der Waals surface area contributed by atoms with Gasteiger partial charge >= 0.3 is 0 Å². The highest BCUT2D eigenvalue weighted by atomic mass is 16.3. The standard InChI is InChI=1S/C13H22O/c14-13(12-9-5-6-10-12)11-7-3-1-2-4-8-11/h9,11,13-14H,1-8,10H2. The molecule has 0 heterocycles. The highest BCUT2D eigenvalue weighted by Gasteiger charge is 2.24. The third kappa shape index (κ3) is 2.38. The highest BCUT2D eigenvalue weighted by Crippen LogP contribution is 2.32. The molecule has 1 saturated carbocycles. The normalized spacial score (nSPS) is 27.1. The summed E-state index contributed by atoms with van der Waals surface area (Å²) in [5.74, 6) is 0.571. The lowest BCUT2D eigenvalue weighted by Gasteiger charge is -2.22. The number of hydrogen-bond donors (Lipinski definition) is 1. The second-order valence-electron chi connectivity index (χ2n) is 4.87. The molecule has 0 aliphatic heterocycles. The topological polar surface area (TPSA) is 20.2 Å². The molecule has 1 unspecified atom stereocenters. The van der Waals surface area contributed by atoms with E-state index in [1.165, 1.54) is 56.9 Å². The van der Waals surface area contributed by atoms with Gasteiger partial charge in [-0.05, 0) is 43.6 Å². The van der Waals surface area contributed by atoms with Gasteiger partial charge in [0.05, 0.1) is 6.10 Å². The molecule has 0 bridgehead atoms. The van der Waals surface area contributed by atoms with Crippen molar-refractivity contribution in [1.29, 1.82) is 0 Å². The molecule has 0 aromatic heterocycles. The van der Waals surface area contributed by atoms with Crippen LogP contribution in [0.3, 0.4) is 0 Å². The quantitative estimate of drug-likeness (QED) is 0.527. The summed E-state index contributed by atoms with van der Waals surface area (Å²) in [6, 6.07) is 0. The van der Waals surface area contributed by atoms with Crippen LogP contribution in [0.5, 0.6) is 0 Å². The third-order valence-corrected chi connectivity index (χ3v) is 3.80. The van der Waals surface area contributed by atoms with E-state index in [2.05, 4.69) is 6.08 Å². The van der Waals surface area contributed by atoms with Crippen LogP contribution < -0.4 is 0 Å². The molecule has 1 heteroatoms. The van der Waals surface area contributed by atoms with Crippen LogP contribution in [0.15, 0.2) is 11.6 Å². The first kappa shape index (κ1) is 10.2. The lowest BCUT2D eigenvalue weighted by atomic mass is 9.89. The fraction of sp³-hybridized carbons (Fsp3) is 0.846. The first-order valence-corrected chi connectivity index (χ1v) is 6.25. The first-order valence-electron chi connectivity index (χ1n) is 6.25. The van der Waals surface area contributed by atoms with Crippen molar-refractivity contribution in [3.8, 4) is 0 Å². The van der Waals surface area contributed by atoms with E-state index in [9.17, 15) is 5.11 Å². The summed E-state index contributed by atoms with van der Waals surface area (Å²) >= 11 is 0. The van der Waals surface area contributed by atoms with Crippen LogP contribution >= 0.6 is 0 Å². The molecule has 0 saturated heterocycles. The average molecular weight is 194 g/mol. The molecule has 14 heavy (non-hydrogen) atoms. The Labute approximate surface area is 87.2 Å². The molecule has 1 N–H and O–H groups in total. The largest absolute Gasteiger partial charge is 0.388 e. The second kappa shape index (κ2) is 4.97. The van der Waals surface area contributed by atoms with Gasteiger partial charge < -0.3 is 5.11 Å². The molecule has 0 aromatic carbocycles. The van der Waals surface area contributed by atoms with Crippen LogP contribution in [-0.4, -0.2) is 11.2 Å². The van der Waals surface area contributed by atoms with Gasteiger partial charge in [0, 0.05) is 0 Å². The van der Waals surface area contributed by atoms with Gasteiger partial charge in [0.2, 0.25) is 0 Å². The van der Waals surface area contributed by atoms with E-state index in [-0.39, 0.29) is 6.10 Å². The maximum Gasteiger partial charge on any atom is 0.0778 e. The minimum absolute atomic E-state index is 0.101. The Bertz CT molecular complexity index is 199. The molecule has 1 fully saturated rings.